The third-order valence-electron chi connectivity index (χ3n) is 2.84. The molecule has 0 fully saturated rings. The second-order valence-electron chi connectivity index (χ2n) is 5.71. The van der Waals surface area contributed by atoms with Crippen LogP contribution in [0.15, 0.2) is 0 Å². The van der Waals surface area contributed by atoms with Crippen LogP contribution in [0.3, 0.4) is 0 Å². The molecular weight excluding hydrogens is 198 g/mol. The molecule has 1 N–H and O–H groups in total. The summed E-state index contributed by atoms with van der Waals surface area (Å²) in [5, 5.41) is 3.35. The van der Waals surface area contributed by atoms with Gasteiger partial charge in [-0.3, -0.25) is 0 Å². The highest BCUT2D eigenvalue weighted by Crippen LogP contribution is 2.22. The molecule has 0 aromatic carbocycles. The van der Waals surface area contributed by atoms with Gasteiger partial charge in [0, 0.05) is 30.8 Å². The molecule has 0 radical (unpaired) electrons. The van der Waals surface area contributed by atoms with E-state index in [9.17, 15) is 0 Å². The number of fused-ring (bicyclic) bond motifs is 1. The van der Waals surface area contributed by atoms with E-state index in [1.807, 2.05) is 0 Å². The second-order valence-corrected chi connectivity index (χ2v) is 5.71. The minimum Gasteiger partial charge on any atom is -0.307 e. The topological polar surface area (TPSA) is 37.8 Å². The van der Waals surface area contributed by atoms with Crippen molar-refractivity contribution in [2.24, 2.45) is 5.41 Å². The van der Waals surface area contributed by atoms with Crippen molar-refractivity contribution in [2.45, 2.75) is 53.6 Å². The molecule has 3 heteroatoms. The summed E-state index contributed by atoms with van der Waals surface area (Å²) in [4.78, 5) is 9.37. The lowest BCUT2D eigenvalue weighted by molar-refractivity contribution is 0.399. The fourth-order valence-electron chi connectivity index (χ4n) is 2.14. The van der Waals surface area contributed by atoms with E-state index < -0.39 is 0 Å². The first-order valence-corrected chi connectivity index (χ1v) is 6.08. The molecule has 16 heavy (non-hydrogen) atoms. The van der Waals surface area contributed by atoms with Crippen LogP contribution in [0.4, 0.5) is 0 Å². The van der Waals surface area contributed by atoms with Gasteiger partial charge in [-0.1, -0.05) is 27.7 Å². The Labute approximate surface area is 97.7 Å². The van der Waals surface area contributed by atoms with Gasteiger partial charge in [-0.05, 0) is 11.8 Å². The van der Waals surface area contributed by atoms with E-state index in [0.29, 0.717) is 0 Å². The van der Waals surface area contributed by atoms with Crippen LogP contribution in [0.2, 0.25) is 0 Å². The average molecular weight is 219 g/mol. The lowest BCUT2D eigenvalue weighted by Gasteiger charge is -2.18. The van der Waals surface area contributed by atoms with E-state index in [0.717, 1.165) is 31.8 Å². The van der Waals surface area contributed by atoms with Gasteiger partial charge < -0.3 is 5.32 Å². The molecule has 1 aromatic rings. The van der Waals surface area contributed by atoms with Crippen molar-refractivity contribution < 1.29 is 0 Å². The minimum atomic E-state index is 0.255. The van der Waals surface area contributed by atoms with Crippen LogP contribution in [0, 0.1) is 5.41 Å². The number of rotatable bonds is 2. The minimum absolute atomic E-state index is 0.255. The second kappa shape index (κ2) is 4.13. The highest BCUT2D eigenvalue weighted by Gasteiger charge is 2.20. The molecule has 0 saturated heterocycles. The molecule has 1 aromatic heterocycles. The van der Waals surface area contributed by atoms with Gasteiger partial charge in [-0.2, -0.15) is 0 Å². The Hall–Kier alpha value is -0.960. The molecule has 2 heterocycles. The number of hydrogen-bond donors (Lipinski definition) is 1. The third kappa shape index (κ3) is 2.40. The predicted molar refractivity (Wildman–Crippen MR) is 65.1 cm³/mol. The molecule has 0 bridgehead atoms. The fourth-order valence-corrected chi connectivity index (χ4v) is 2.14. The predicted octanol–water partition coefficient (Wildman–Crippen LogP) is 2.23. The molecule has 1 aliphatic rings. The normalized spacial score (nSPS) is 15.2. The Morgan fingerprint density at radius 2 is 1.94 bits per heavy atom. The summed E-state index contributed by atoms with van der Waals surface area (Å²) in [5.41, 5.74) is 4.03. The summed E-state index contributed by atoms with van der Waals surface area (Å²) < 4.78 is 0. The van der Waals surface area contributed by atoms with Gasteiger partial charge in [-0.15, -0.1) is 0 Å². The molecule has 0 spiro atoms. The first-order valence-electron chi connectivity index (χ1n) is 6.08. The Balaban J connectivity index is 2.35. The summed E-state index contributed by atoms with van der Waals surface area (Å²) >= 11 is 0. The smallest absolute Gasteiger partial charge is 0.129 e. The average Bonchev–Trinajstić information content (AvgIpc) is 2.61. The Morgan fingerprint density at radius 3 is 2.56 bits per heavy atom. The standard InChI is InChI=1S/C13H21N3/c1-5-10-9-7-14-8-11(9)16-12(15-10)6-13(2,3)4/h14H,5-8H2,1-4H3. The van der Waals surface area contributed by atoms with Gasteiger partial charge >= 0.3 is 0 Å². The Bertz CT molecular complexity index is 391. The number of nitrogens with one attached hydrogen (secondary N) is 1. The SMILES string of the molecule is CCc1nc(CC(C)(C)C)nc2c1CNC2. The zero-order chi connectivity index (χ0) is 11.8. The third-order valence-corrected chi connectivity index (χ3v) is 2.84. The fraction of sp³-hybridized carbons (Fsp3) is 0.692. The van der Waals surface area contributed by atoms with E-state index in [1.165, 1.54) is 17.0 Å². The highest BCUT2D eigenvalue weighted by atomic mass is 15.0. The monoisotopic (exact) mass is 219 g/mol. The van der Waals surface area contributed by atoms with Crippen molar-refractivity contribution in [3.63, 3.8) is 0 Å². The van der Waals surface area contributed by atoms with Crippen molar-refractivity contribution in [2.75, 3.05) is 0 Å². The lowest BCUT2D eigenvalue weighted by Crippen LogP contribution is -2.14. The van der Waals surface area contributed by atoms with Gasteiger partial charge in [0.05, 0.1) is 5.69 Å². The lowest BCUT2D eigenvalue weighted by atomic mass is 9.92. The zero-order valence-corrected chi connectivity index (χ0v) is 10.7. The summed E-state index contributed by atoms with van der Waals surface area (Å²) in [7, 11) is 0. The van der Waals surface area contributed by atoms with Crippen molar-refractivity contribution in [1.82, 2.24) is 15.3 Å². The molecule has 0 unspecified atom stereocenters. The molecule has 0 amide bonds. The van der Waals surface area contributed by atoms with Gasteiger partial charge in [0.25, 0.3) is 0 Å². The van der Waals surface area contributed by atoms with Crippen molar-refractivity contribution in [1.29, 1.82) is 0 Å². The summed E-state index contributed by atoms with van der Waals surface area (Å²) in [6, 6.07) is 0. The first kappa shape index (κ1) is 11.5. The maximum atomic E-state index is 4.70. The van der Waals surface area contributed by atoms with E-state index in [4.69, 9.17) is 4.98 Å². The summed E-state index contributed by atoms with van der Waals surface area (Å²) in [5.74, 6) is 1.01. The molecule has 0 saturated carbocycles. The molecule has 1 aliphatic heterocycles. The van der Waals surface area contributed by atoms with Crippen molar-refractivity contribution in [3.8, 4) is 0 Å². The molecular formula is C13H21N3. The quantitative estimate of drug-likeness (QED) is 0.829. The zero-order valence-electron chi connectivity index (χ0n) is 10.7. The molecule has 0 atom stereocenters. The Morgan fingerprint density at radius 1 is 1.19 bits per heavy atom. The molecule has 88 valence electrons. The van der Waals surface area contributed by atoms with Crippen molar-refractivity contribution in [3.05, 3.63) is 22.8 Å². The molecule has 3 nitrogen and oxygen atoms in total. The molecule has 0 aliphatic carbocycles. The van der Waals surface area contributed by atoms with Crippen molar-refractivity contribution >= 4 is 0 Å². The number of aryl methyl sites for hydroxylation is 1. The largest absolute Gasteiger partial charge is 0.307 e. The van der Waals surface area contributed by atoms with Gasteiger partial charge in [0.1, 0.15) is 5.82 Å². The van der Waals surface area contributed by atoms with Gasteiger partial charge in [-0.25, -0.2) is 9.97 Å². The van der Waals surface area contributed by atoms with Crippen LogP contribution in [0.25, 0.3) is 0 Å². The van der Waals surface area contributed by atoms with Crippen LogP contribution in [0.5, 0.6) is 0 Å². The Kier molecular flexibility index (Phi) is 2.98. The van der Waals surface area contributed by atoms with Crippen LogP contribution in [0.1, 0.15) is 50.5 Å². The maximum Gasteiger partial charge on any atom is 0.129 e. The molecule has 2 rings (SSSR count). The van der Waals surface area contributed by atoms with E-state index in [2.05, 4.69) is 38.0 Å². The van der Waals surface area contributed by atoms with E-state index in [1.54, 1.807) is 0 Å². The number of hydrogen-bond acceptors (Lipinski definition) is 3. The first-order chi connectivity index (χ1) is 7.49. The summed E-state index contributed by atoms with van der Waals surface area (Å²) in [6.45, 7) is 10.7. The van der Waals surface area contributed by atoms with Crippen LogP contribution < -0.4 is 5.32 Å². The van der Waals surface area contributed by atoms with Crippen LogP contribution in [-0.2, 0) is 25.9 Å². The maximum absolute atomic E-state index is 4.70. The van der Waals surface area contributed by atoms with E-state index >= 15 is 0 Å². The summed E-state index contributed by atoms with van der Waals surface area (Å²) in [6.07, 6.45) is 1.96. The number of aromatic nitrogens is 2. The number of nitrogens with zero attached hydrogens (tertiary/aromatic N) is 2. The van der Waals surface area contributed by atoms with Gasteiger partial charge in [0.2, 0.25) is 0 Å². The van der Waals surface area contributed by atoms with Crippen LogP contribution >= 0.6 is 0 Å². The van der Waals surface area contributed by atoms with Crippen LogP contribution in [-0.4, -0.2) is 9.97 Å². The van der Waals surface area contributed by atoms with E-state index in [-0.39, 0.29) is 5.41 Å². The highest BCUT2D eigenvalue weighted by molar-refractivity contribution is 5.29. The van der Waals surface area contributed by atoms with Gasteiger partial charge in [0.15, 0.2) is 0 Å².